The van der Waals surface area contributed by atoms with Gasteiger partial charge >= 0.3 is 0 Å². The SMILES string of the molecule is Cc1nc(NC(=O)c2c(C)nn3cccnc23)sc1Cc1ccc2c(c1)OCO2. The molecular weight excluding hydrogens is 390 g/mol. The van der Waals surface area contributed by atoms with Crippen LogP contribution in [0.3, 0.4) is 0 Å². The monoisotopic (exact) mass is 407 g/mol. The molecule has 1 aliphatic rings. The number of amides is 1. The quantitative estimate of drug-likeness (QED) is 0.558. The molecular formula is C20H17N5O3S. The number of rotatable bonds is 4. The van der Waals surface area contributed by atoms with Gasteiger partial charge in [0.05, 0.1) is 11.4 Å². The molecule has 29 heavy (non-hydrogen) atoms. The maximum absolute atomic E-state index is 12.8. The van der Waals surface area contributed by atoms with Crippen LogP contribution in [0.4, 0.5) is 5.13 Å². The number of carbonyl (C=O) groups excluding carboxylic acids is 1. The Hall–Kier alpha value is -3.46. The second-order valence-corrected chi connectivity index (χ2v) is 7.78. The van der Waals surface area contributed by atoms with E-state index in [0.717, 1.165) is 27.6 Å². The lowest BCUT2D eigenvalue weighted by molar-refractivity contribution is 0.102. The number of aromatic nitrogens is 4. The Morgan fingerprint density at radius 1 is 1.24 bits per heavy atom. The van der Waals surface area contributed by atoms with Gasteiger partial charge in [0, 0.05) is 23.7 Å². The van der Waals surface area contributed by atoms with E-state index >= 15 is 0 Å². The summed E-state index contributed by atoms with van der Waals surface area (Å²) in [6, 6.07) is 7.68. The van der Waals surface area contributed by atoms with Crippen LogP contribution in [0.1, 0.15) is 32.2 Å². The summed E-state index contributed by atoms with van der Waals surface area (Å²) in [4.78, 5) is 22.7. The Bertz CT molecular complexity index is 1250. The lowest BCUT2D eigenvalue weighted by Crippen LogP contribution is -2.13. The normalized spacial score (nSPS) is 12.5. The van der Waals surface area contributed by atoms with Gasteiger partial charge in [0.1, 0.15) is 5.56 Å². The van der Waals surface area contributed by atoms with E-state index < -0.39 is 0 Å². The molecule has 1 N–H and O–H groups in total. The maximum atomic E-state index is 12.8. The smallest absolute Gasteiger partial charge is 0.263 e. The summed E-state index contributed by atoms with van der Waals surface area (Å²) in [5.41, 5.74) is 3.58. The summed E-state index contributed by atoms with van der Waals surface area (Å²) in [5.74, 6) is 1.26. The molecule has 0 bridgehead atoms. The third-order valence-electron chi connectivity index (χ3n) is 4.71. The van der Waals surface area contributed by atoms with Crippen molar-refractivity contribution in [3.8, 4) is 11.5 Å². The van der Waals surface area contributed by atoms with Gasteiger partial charge in [0.2, 0.25) is 6.79 Å². The first-order valence-electron chi connectivity index (χ1n) is 9.04. The van der Waals surface area contributed by atoms with Crippen LogP contribution < -0.4 is 14.8 Å². The number of thiazole rings is 1. The third kappa shape index (κ3) is 3.19. The second-order valence-electron chi connectivity index (χ2n) is 6.69. The zero-order chi connectivity index (χ0) is 20.0. The molecule has 146 valence electrons. The van der Waals surface area contributed by atoms with Gasteiger partial charge in [-0.15, -0.1) is 11.3 Å². The Morgan fingerprint density at radius 2 is 2.10 bits per heavy atom. The summed E-state index contributed by atoms with van der Waals surface area (Å²) < 4.78 is 12.4. The predicted molar refractivity (Wildman–Crippen MR) is 108 cm³/mol. The number of nitrogens with one attached hydrogen (secondary N) is 1. The van der Waals surface area contributed by atoms with E-state index in [1.807, 2.05) is 25.1 Å². The van der Waals surface area contributed by atoms with Gasteiger partial charge in [-0.3, -0.25) is 10.1 Å². The number of benzene rings is 1. The van der Waals surface area contributed by atoms with Crippen LogP contribution in [0.5, 0.6) is 11.5 Å². The highest BCUT2D eigenvalue weighted by Crippen LogP contribution is 2.34. The van der Waals surface area contributed by atoms with Gasteiger partial charge < -0.3 is 9.47 Å². The fraction of sp³-hybridized carbons (Fsp3) is 0.200. The van der Waals surface area contributed by atoms with Gasteiger partial charge in [0.15, 0.2) is 22.3 Å². The van der Waals surface area contributed by atoms with E-state index in [9.17, 15) is 4.79 Å². The fourth-order valence-electron chi connectivity index (χ4n) is 3.30. The molecule has 0 radical (unpaired) electrons. The number of hydrogen-bond donors (Lipinski definition) is 1. The molecule has 0 spiro atoms. The van der Waals surface area contributed by atoms with Crippen molar-refractivity contribution >= 4 is 28.0 Å². The Morgan fingerprint density at radius 3 is 3.00 bits per heavy atom. The molecule has 5 rings (SSSR count). The molecule has 4 aromatic rings. The molecule has 1 amide bonds. The van der Waals surface area contributed by atoms with Crippen LogP contribution in [-0.4, -0.2) is 32.3 Å². The topological polar surface area (TPSA) is 90.6 Å². The van der Waals surface area contributed by atoms with Crippen molar-refractivity contribution in [2.24, 2.45) is 0 Å². The molecule has 0 atom stereocenters. The Kier molecular flexibility index (Phi) is 4.17. The number of fused-ring (bicyclic) bond motifs is 2. The molecule has 1 aromatic carbocycles. The summed E-state index contributed by atoms with van der Waals surface area (Å²) in [7, 11) is 0. The van der Waals surface area contributed by atoms with Gasteiger partial charge in [-0.2, -0.15) is 5.10 Å². The highest BCUT2D eigenvalue weighted by Gasteiger charge is 2.20. The Labute approximate surface area is 170 Å². The van der Waals surface area contributed by atoms with Crippen LogP contribution in [0.25, 0.3) is 5.65 Å². The first-order valence-corrected chi connectivity index (χ1v) is 9.86. The standard InChI is InChI=1S/C20H17N5O3S/c1-11-16(9-13-4-5-14-15(8-13)28-10-27-14)29-20(22-11)23-19(26)17-12(2)24-25-7-3-6-21-18(17)25/h3-8H,9-10H2,1-2H3,(H,22,23,26). The highest BCUT2D eigenvalue weighted by atomic mass is 32.1. The van der Waals surface area contributed by atoms with Gasteiger partial charge in [-0.25, -0.2) is 14.5 Å². The number of nitrogens with zero attached hydrogens (tertiary/aromatic N) is 4. The molecule has 3 aromatic heterocycles. The summed E-state index contributed by atoms with van der Waals surface area (Å²) in [5, 5.41) is 7.79. The van der Waals surface area contributed by atoms with Crippen molar-refractivity contribution in [2.45, 2.75) is 20.3 Å². The van der Waals surface area contributed by atoms with Crippen LogP contribution in [0, 0.1) is 13.8 Å². The van der Waals surface area contributed by atoms with Crippen molar-refractivity contribution in [1.82, 2.24) is 19.6 Å². The maximum Gasteiger partial charge on any atom is 0.263 e. The Balaban J connectivity index is 1.37. The van der Waals surface area contributed by atoms with Gasteiger partial charge in [0.25, 0.3) is 5.91 Å². The van der Waals surface area contributed by atoms with Crippen LogP contribution in [0.15, 0.2) is 36.7 Å². The number of ether oxygens (including phenoxy) is 2. The molecule has 1 aliphatic heterocycles. The van der Waals surface area contributed by atoms with E-state index in [1.165, 1.54) is 11.3 Å². The van der Waals surface area contributed by atoms with E-state index in [2.05, 4.69) is 20.4 Å². The lowest BCUT2D eigenvalue weighted by Gasteiger charge is -2.02. The fourth-order valence-corrected chi connectivity index (χ4v) is 4.30. The first-order chi connectivity index (χ1) is 14.1. The lowest BCUT2D eigenvalue weighted by atomic mass is 10.1. The molecule has 4 heterocycles. The molecule has 0 fully saturated rings. The molecule has 9 heteroatoms. The second kappa shape index (κ2) is 6.85. The number of carbonyl (C=O) groups is 1. The predicted octanol–water partition coefficient (Wildman–Crippen LogP) is 3.37. The minimum absolute atomic E-state index is 0.256. The van der Waals surface area contributed by atoms with E-state index in [1.54, 1.807) is 29.9 Å². The average molecular weight is 407 g/mol. The zero-order valence-corrected chi connectivity index (χ0v) is 16.6. The van der Waals surface area contributed by atoms with E-state index in [0.29, 0.717) is 28.5 Å². The van der Waals surface area contributed by atoms with Crippen LogP contribution >= 0.6 is 11.3 Å². The molecule has 0 unspecified atom stereocenters. The van der Waals surface area contributed by atoms with Crippen LogP contribution in [-0.2, 0) is 6.42 Å². The minimum atomic E-state index is -0.264. The summed E-state index contributed by atoms with van der Waals surface area (Å²) >= 11 is 1.46. The van der Waals surface area contributed by atoms with Crippen LogP contribution in [0.2, 0.25) is 0 Å². The number of hydrogen-bond acceptors (Lipinski definition) is 7. The van der Waals surface area contributed by atoms with Crippen molar-refractivity contribution in [1.29, 1.82) is 0 Å². The summed E-state index contributed by atoms with van der Waals surface area (Å²) in [6.45, 7) is 3.99. The van der Waals surface area contributed by atoms with Gasteiger partial charge in [-0.1, -0.05) is 6.07 Å². The molecule has 8 nitrogen and oxygen atoms in total. The molecule has 0 saturated carbocycles. The molecule has 0 saturated heterocycles. The minimum Gasteiger partial charge on any atom is -0.454 e. The van der Waals surface area contributed by atoms with Crippen molar-refractivity contribution < 1.29 is 14.3 Å². The first kappa shape index (κ1) is 17.6. The van der Waals surface area contributed by atoms with E-state index in [4.69, 9.17) is 9.47 Å². The average Bonchev–Trinajstić information content (AvgIpc) is 3.38. The van der Waals surface area contributed by atoms with Crippen molar-refractivity contribution in [2.75, 3.05) is 12.1 Å². The van der Waals surface area contributed by atoms with Gasteiger partial charge in [-0.05, 0) is 37.6 Å². The third-order valence-corrected chi connectivity index (χ3v) is 5.79. The molecule has 0 aliphatic carbocycles. The largest absolute Gasteiger partial charge is 0.454 e. The van der Waals surface area contributed by atoms with Crippen molar-refractivity contribution in [3.05, 3.63) is 64.1 Å². The van der Waals surface area contributed by atoms with E-state index in [-0.39, 0.29) is 12.7 Å². The zero-order valence-electron chi connectivity index (χ0n) is 15.8. The highest BCUT2D eigenvalue weighted by molar-refractivity contribution is 7.15. The number of anilines is 1. The summed E-state index contributed by atoms with van der Waals surface area (Å²) in [6.07, 6.45) is 4.11. The number of aryl methyl sites for hydroxylation is 2. The van der Waals surface area contributed by atoms with Crippen molar-refractivity contribution in [3.63, 3.8) is 0 Å².